The van der Waals surface area contributed by atoms with Crippen molar-refractivity contribution >= 4 is 5.91 Å². The monoisotopic (exact) mass is 406 g/mol. The lowest BCUT2D eigenvalue weighted by molar-refractivity contribution is -0.123. The molecule has 2 aromatic rings. The van der Waals surface area contributed by atoms with Crippen molar-refractivity contribution in [3.8, 4) is 0 Å². The predicted octanol–water partition coefficient (Wildman–Crippen LogP) is 4.16. The Labute approximate surface area is 180 Å². The first-order chi connectivity index (χ1) is 14.4. The lowest BCUT2D eigenvalue weighted by Gasteiger charge is -2.27. The molecule has 1 saturated heterocycles. The molecule has 1 heterocycles. The van der Waals surface area contributed by atoms with E-state index in [9.17, 15) is 4.79 Å². The molecule has 2 aromatic carbocycles. The summed E-state index contributed by atoms with van der Waals surface area (Å²) in [6.07, 6.45) is 1.87. The Morgan fingerprint density at radius 1 is 1.00 bits per heavy atom. The molecular weight excluding hydrogens is 372 g/mol. The van der Waals surface area contributed by atoms with Crippen molar-refractivity contribution in [2.24, 2.45) is 0 Å². The first-order valence-electron chi connectivity index (χ1n) is 11.1. The van der Waals surface area contributed by atoms with Crippen LogP contribution in [0.15, 0.2) is 48.5 Å². The van der Waals surface area contributed by atoms with Crippen molar-refractivity contribution in [2.75, 3.05) is 26.3 Å². The third-order valence-electron chi connectivity index (χ3n) is 6.54. The summed E-state index contributed by atoms with van der Waals surface area (Å²) >= 11 is 0. The van der Waals surface area contributed by atoms with Gasteiger partial charge < -0.3 is 10.1 Å². The first-order valence-corrected chi connectivity index (χ1v) is 11.1. The molecule has 4 rings (SSSR count). The third-order valence-corrected chi connectivity index (χ3v) is 6.54. The van der Waals surface area contributed by atoms with E-state index in [1.165, 1.54) is 16.7 Å². The van der Waals surface area contributed by atoms with E-state index in [1.807, 2.05) is 0 Å². The number of ether oxygens (including phenoxy) is 1. The highest BCUT2D eigenvalue weighted by Crippen LogP contribution is 2.48. The fourth-order valence-corrected chi connectivity index (χ4v) is 4.29. The molecule has 1 saturated carbocycles. The zero-order chi connectivity index (χ0) is 21.2. The first kappa shape index (κ1) is 21.1. The van der Waals surface area contributed by atoms with Gasteiger partial charge in [-0.15, -0.1) is 0 Å². The van der Waals surface area contributed by atoms with E-state index in [4.69, 9.17) is 4.74 Å². The summed E-state index contributed by atoms with van der Waals surface area (Å²) in [4.78, 5) is 15.6. The highest BCUT2D eigenvalue weighted by molar-refractivity contribution is 5.91. The second-order valence-corrected chi connectivity index (χ2v) is 9.75. The number of hydrogen-bond donors (Lipinski definition) is 1. The molecule has 0 bridgehead atoms. The minimum absolute atomic E-state index is 0.127. The fraction of sp³-hybridized carbons (Fsp3) is 0.500. The molecular formula is C26H34N2O2. The number of carbonyl (C=O) groups is 1. The van der Waals surface area contributed by atoms with Crippen molar-refractivity contribution in [3.63, 3.8) is 0 Å². The minimum atomic E-state index is -0.338. The molecule has 1 N–H and O–H groups in total. The standard InChI is InChI=1S/C26H34N2O2/c1-25(2,3)22-8-10-23(11-9-22)26(12-13-26)24(29)27-18-20-6-4-5-7-21(20)19-28-14-16-30-17-15-28/h4-11H,12-19H2,1-3H3,(H,27,29). The topological polar surface area (TPSA) is 41.6 Å². The molecule has 1 aliphatic carbocycles. The second kappa shape index (κ2) is 8.52. The summed E-state index contributed by atoms with van der Waals surface area (Å²) < 4.78 is 5.46. The van der Waals surface area contributed by atoms with Crippen molar-refractivity contribution < 1.29 is 9.53 Å². The van der Waals surface area contributed by atoms with Crippen LogP contribution in [0.5, 0.6) is 0 Å². The van der Waals surface area contributed by atoms with Gasteiger partial charge in [0.15, 0.2) is 0 Å². The van der Waals surface area contributed by atoms with E-state index >= 15 is 0 Å². The van der Waals surface area contributed by atoms with E-state index < -0.39 is 0 Å². The predicted molar refractivity (Wildman–Crippen MR) is 120 cm³/mol. The van der Waals surface area contributed by atoms with Crippen LogP contribution in [0, 0.1) is 0 Å². The number of carbonyl (C=O) groups excluding carboxylic acids is 1. The summed E-state index contributed by atoms with van der Waals surface area (Å²) in [6.45, 7) is 11.7. The lowest BCUT2D eigenvalue weighted by atomic mass is 9.85. The van der Waals surface area contributed by atoms with Crippen LogP contribution >= 0.6 is 0 Å². The number of benzene rings is 2. The average molecular weight is 407 g/mol. The molecule has 0 spiro atoms. The Morgan fingerprint density at radius 2 is 1.63 bits per heavy atom. The van der Waals surface area contributed by atoms with Gasteiger partial charge in [0, 0.05) is 26.2 Å². The zero-order valence-corrected chi connectivity index (χ0v) is 18.5. The molecule has 4 nitrogen and oxygen atoms in total. The van der Waals surface area contributed by atoms with Gasteiger partial charge in [0.2, 0.25) is 5.91 Å². The van der Waals surface area contributed by atoms with Crippen LogP contribution in [-0.2, 0) is 33.5 Å². The maximum absolute atomic E-state index is 13.1. The number of nitrogens with zero attached hydrogens (tertiary/aromatic N) is 1. The molecule has 2 aliphatic rings. The van der Waals surface area contributed by atoms with E-state index in [-0.39, 0.29) is 16.7 Å². The summed E-state index contributed by atoms with van der Waals surface area (Å²) in [6, 6.07) is 17.1. The molecule has 4 heteroatoms. The molecule has 30 heavy (non-hydrogen) atoms. The highest BCUT2D eigenvalue weighted by Gasteiger charge is 2.51. The number of rotatable bonds is 6. The highest BCUT2D eigenvalue weighted by atomic mass is 16.5. The van der Waals surface area contributed by atoms with Gasteiger partial charge >= 0.3 is 0 Å². The van der Waals surface area contributed by atoms with Gasteiger partial charge in [0.25, 0.3) is 0 Å². The van der Waals surface area contributed by atoms with Crippen LogP contribution < -0.4 is 5.32 Å². The largest absolute Gasteiger partial charge is 0.379 e. The lowest BCUT2D eigenvalue weighted by Crippen LogP contribution is -2.37. The average Bonchev–Trinajstić information content (AvgIpc) is 3.55. The zero-order valence-electron chi connectivity index (χ0n) is 18.5. The number of nitrogens with one attached hydrogen (secondary N) is 1. The van der Waals surface area contributed by atoms with Crippen LogP contribution in [-0.4, -0.2) is 37.1 Å². The quantitative estimate of drug-likeness (QED) is 0.783. The molecule has 1 amide bonds. The van der Waals surface area contributed by atoms with Gasteiger partial charge in [-0.1, -0.05) is 69.3 Å². The Kier molecular flexibility index (Phi) is 5.99. The Hall–Kier alpha value is -2.17. The van der Waals surface area contributed by atoms with Crippen LogP contribution in [0.4, 0.5) is 0 Å². The van der Waals surface area contributed by atoms with Crippen molar-refractivity contribution in [3.05, 3.63) is 70.8 Å². The van der Waals surface area contributed by atoms with Crippen LogP contribution in [0.2, 0.25) is 0 Å². The SMILES string of the molecule is CC(C)(C)c1ccc(C2(C(=O)NCc3ccccc3CN3CCOCC3)CC2)cc1. The van der Waals surface area contributed by atoms with E-state index in [1.54, 1.807) is 0 Å². The van der Waals surface area contributed by atoms with Crippen molar-refractivity contribution in [2.45, 2.75) is 57.5 Å². The number of morpholine rings is 1. The van der Waals surface area contributed by atoms with E-state index in [0.717, 1.165) is 51.3 Å². The fourth-order valence-electron chi connectivity index (χ4n) is 4.29. The molecule has 160 valence electrons. The minimum Gasteiger partial charge on any atom is -0.379 e. The van der Waals surface area contributed by atoms with E-state index in [2.05, 4.69) is 79.5 Å². The molecule has 2 fully saturated rings. The van der Waals surface area contributed by atoms with E-state index in [0.29, 0.717) is 6.54 Å². The Bertz CT molecular complexity index is 873. The van der Waals surface area contributed by atoms with Crippen LogP contribution in [0.25, 0.3) is 0 Å². The third kappa shape index (κ3) is 4.60. The van der Waals surface area contributed by atoms with Crippen LogP contribution in [0.3, 0.4) is 0 Å². The normalized spacial score (nSPS) is 18.8. The number of hydrogen-bond acceptors (Lipinski definition) is 3. The second-order valence-electron chi connectivity index (χ2n) is 9.75. The van der Waals surface area contributed by atoms with Crippen LogP contribution in [0.1, 0.15) is 55.9 Å². The maximum Gasteiger partial charge on any atom is 0.230 e. The summed E-state index contributed by atoms with van der Waals surface area (Å²) in [5.41, 5.74) is 4.74. The molecule has 0 radical (unpaired) electrons. The van der Waals surface area contributed by atoms with Gasteiger partial charge in [0.05, 0.1) is 18.6 Å². The summed E-state index contributed by atoms with van der Waals surface area (Å²) in [5.74, 6) is 0.159. The van der Waals surface area contributed by atoms with Crippen molar-refractivity contribution in [1.29, 1.82) is 0 Å². The van der Waals surface area contributed by atoms with Gasteiger partial charge in [-0.05, 0) is 40.5 Å². The molecule has 0 aromatic heterocycles. The Morgan fingerprint density at radius 3 is 2.23 bits per heavy atom. The molecule has 1 aliphatic heterocycles. The van der Waals surface area contributed by atoms with Gasteiger partial charge in [0.1, 0.15) is 0 Å². The summed E-state index contributed by atoms with van der Waals surface area (Å²) in [7, 11) is 0. The molecule has 0 unspecified atom stereocenters. The number of amides is 1. The van der Waals surface area contributed by atoms with Gasteiger partial charge in [-0.2, -0.15) is 0 Å². The van der Waals surface area contributed by atoms with Gasteiger partial charge in [-0.25, -0.2) is 0 Å². The van der Waals surface area contributed by atoms with Gasteiger partial charge in [-0.3, -0.25) is 9.69 Å². The maximum atomic E-state index is 13.1. The molecule has 0 atom stereocenters. The summed E-state index contributed by atoms with van der Waals surface area (Å²) in [5, 5.41) is 3.24. The smallest absolute Gasteiger partial charge is 0.230 e. The van der Waals surface area contributed by atoms with Crippen molar-refractivity contribution in [1.82, 2.24) is 10.2 Å². The Balaban J connectivity index is 1.41.